The number of carbonyl (C=O) groups is 1. The number of nitrogens with zero attached hydrogens (tertiary/aromatic N) is 1. The molecule has 0 aliphatic carbocycles. The molecule has 0 atom stereocenters. The average Bonchev–Trinajstić information content (AvgIpc) is 2.72. The predicted molar refractivity (Wildman–Crippen MR) is 95.3 cm³/mol. The van der Waals surface area contributed by atoms with Gasteiger partial charge in [-0.25, -0.2) is 8.42 Å². The number of carbonyl (C=O) groups excluding carboxylic acids is 1. The minimum Gasteiger partial charge on any atom is -0.300 e. The normalized spacial score (nSPS) is 15.3. The second-order valence-electron chi connectivity index (χ2n) is 5.84. The van der Waals surface area contributed by atoms with Crippen LogP contribution in [0.1, 0.15) is 32.6 Å². The van der Waals surface area contributed by atoms with Crippen molar-refractivity contribution >= 4 is 48.2 Å². The zero-order chi connectivity index (χ0) is 16.6. The van der Waals surface area contributed by atoms with Crippen LogP contribution in [0.4, 0.5) is 5.69 Å². The molecule has 0 N–H and O–H groups in total. The Morgan fingerprint density at radius 2 is 1.91 bits per heavy atom. The third-order valence-corrected chi connectivity index (χ3v) is 6.70. The van der Waals surface area contributed by atoms with Crippen LogP contribution in [0.2, 0.25) is 0 Å². The summed E-state index contributed by atoms with van der Waals surface area (Å²) in [5.74, 6) is 0.181. The summed E-state index contributed by atoms with van der Waals surface area (Å²) in [6, 6.07) is 9.13. The van der Waals surface area contributed by atoms with Crippen molar-refractivity contribution in [3.63, 3.8) is 0 Å². The zero-order valence-corrected chi connectivity index (χ0v) is 15.3. The van der Waals surface area contributed by atoms with Gasteiger partial charge in [-0.3, -0.25) is 4.31 Å². The Hall–Kier alpha value is -1.40. The van der Waals surface area contributed by atoms with Crippen LogP contribution < -0.4 is 4.31 Å². The van der Waals surface area contributed by atoms with Crippen LogP contribution in [-0.2, 0) is 14.8 Å². The molecule has 0 radical (unpaired) electrons. The summed E-state index contributed by atoms with van der Waals surface area (Å²) in [7, 11) is -3.47. The molecule has 2 aromatic carbocycles. The Balaban J connectivity index is 1.87. The van der Waals surface area contributed by atoms with E-state index in [1.165, 1.54) is 4.31 Å². The molecule has 23 heavy (non-hydrogen) atoms. The highest BCUT2D eigenvalue weighted by molar-refractivity contribution is 9.10. The molecule has 6 heteroatoms. The van der Waals surface area contributed by atoms with Gasteiger partial charge < -0.3 is 4.79 Å². The lowest BCUT2D eigenvalue weighted by Crippen LogP contribution is -2.28. The third kappa shape index (κ3) is 2.90. The minimum atomic E-state index is -3.47. The van der Waals surface area contributed by atoms with Crippen molar-refractivity contribution in [2.24, 2.45) is 0 Å². The largest absolute Gasteiger partial charge is 0.300 e. The van der Waals surface area contributed by atoms with Gasteiger partial charge in [0, 0.05) is 22.8 Å². The Kier molecular flexibility index (Phi) is 4.47. The molecule has 2 aromatic rings. The maximum absolute atomic E-state index is 12.8. The maximum atomic E-state index is 12.8. The van der Waals surface area contributed by atoms with Gasteiger partial charge >= 0.3 is 0 Å². The van der Waals surface area contributed by atoms with Crippen LogP contribution in [0.3, 0.4) is 0 Å². The predicted octanol–water partition coefficient (Wildman–Crippen LogP) is 4.26. The van der Waals surface area contributed by atoms with Gasteiger partial charge in [0.2, 0.25) is 0 Å². The van der Waals surface area contributed by atoms with Gasteiger partial charge in [0.1, 0.15) is 5.78 Å². The third-order valence-electron chi connectivity index (χ3n) is 4.15. The Bertz CT molecular complexity index is 877. The summed E-state index contributed by atoms with van der Waals surface area (Å²) in [5.41, 5.74) is 0.755. The van der Waals surface area contributed by atoms with Crippen LogP contribution in [0.15, 0.2) is 39.7 Å². The smallest absolute Gasteiger partial charge is 0.265 e. The first-order chi connectivity index (χ1) is 10.9. The van der Waals surface area contributed by atoms with E-state index in [4.69, 9.17) is 0 Å². The second kappa shape index (κ2) is 6.24. The van der Waals surface area contributed by atoms with Crippen molar-refractivity contribution in [1.29, 1.82) is 0 Å². The van der Waals surface area contributed by atoms with E-state index in [1.807, 2.05) is 18.2 Å². The lowest BCUT2D eigenvalue weighted by molar-refractivity contribution is -0.117. The van der Waals surface area contributed by atoms with Gasteiger partial charge in [-0.2, -0.15) is 0 Å². The van der Waals surface area contributed by atoms with E-state index in [1.54, 1.807) is 19.1 Å². The fourth-order valence-electron chi connectivity index (χ4n) is 3.04. The molecule has 0 fully saturated rings. The number of rotatable bonds is 6. The minimum absolute atomic E-state index is 0.181. The highest BCUT2D eigenvalue weighted by Gasteiger charge is 2.35. The van der Waals surface area contributed by atoms with Crippen LogP contribution in [0.5, 0.6) is 0 Å². The van der Waals surface area contributed by atoms with Crippen LogP contribution in [-0.4, -0.2) is 20.7 Å². The topological polar surface area (TPSA) is 54.5 Å². The molecule has 0 bridgehead atoms. The highest BCUT2D eigenvalue weighted by atomic mass is 79.9. The number of Topliss-reactive ketones (excluding diaryl/α,β-unsaturated/α-hetero) is 1. The Morgan fingerprint density at radius 3 is 2.65 bits per heavy atom. The van der Waals surface area contributed by atoms with Crippen molar-refractivity contribution in [2.45, 2.75) is 37.5 Å². The van der Waals surface area contributed by atoms with Crippen LogP contribution >= 0.6 is 15.9 Å². The molecule has 1 aliphatic rings. The van der Waals surface area contributed by atoms with E-state index in [-0.39, 0.29) is 5.78 Å². The molecule has 0 spiro atoms. The van der Waals surface area contributed by atoms with Crippen molar-refractivity contribution in [3.8, 4) is 0 Å². The number of unbranched alkanes of at least 4 members (excludes halogenated alkanes) is 2. The Morgan fingerprint density at radius 1 is 1.13 bits per heavy atom. The summed E-state index contributed by atoms with van der Waals surface area (Å²) in [6.45, 7) is 2.03. The van der Waals surface area contributed by atoms with Crippen molar-refractivity contribution in [1.82, 2.24) is 0 Å². The average molecular weight is 396 g/mol. The first kappa shape index (κ1) is 16.5. The second-order valence-corrected chi connectivity index (χ2v) is 8.52. The summed E-state index contributed by atoms with van der Waals surface area (Å²) in [5, 5.41) is 1.72. The number of ketones is 1. The van der Waals surface area contributed by atoms with Crippen LogP contribution in [0.25, 0.3) is 10.8 Å². The lowest BCUT2D eigenvalue weighted by atomic mass is 10.1. The molecular weight excluding hydrogens is 378 g/mol. The SMILES string of the molecule is CC(=O)CCCCCN1c2ccc(Br)c3cccc(c23)S1(=O)=O. The standard InChI is InChI=1S/C17H18BrNO3S/c1-12(20)6-3-2-4-11-19-15-10-9-14(18)13-7-5-8-16(17(13)15)23(19,21)22/h5,7-10H,2-4,6,11H2,1H3. The number of hydrogen-bond donors (Lipinski definition) is 0. The fourth-order valence-corrected chi connectivity index (χ4v) is 5.24. The van der Waals surface area contributed by atoms with Gasteiger partial charge in [0.15, 0.2) is 0 Å². The first-order valence-electron chi connectivity index (χ1n) is 7.66. The van der Waals surface area contributed by atoms with Gasteiger partial charge in [0.25, 0.3) is 10.0 Å². The molecule has 0 unspecified atom stereocenters. The number of hydrogen-bond acceptors (Lipinski definition) is 3. The molecule has 1 heterocycles. The molecule has 1 aliphatic heterocycles. The summed E-state index contributed by atoms with van der Waals surface area (Å²) in [4.78, 5) is 11.3. The van der Waals surface area contributed by atoms with E-state index in [0.29, 0.717) is 17.9 Å². The molecule has 4 nitrogen and oxygen atoms in total. The van der Waals surface area contributed by atoms with E-state index >= 15 is 0 Å². The number of benzene rings is 2. The number of halogens is 1. The zero-order valence-electron chi connectivity index (χ0n) is 12.9. The van der Waals surface area contributed by atoms with Gasteiger partial charge in [0.05, 0.1) is 10.6 Å². The van der Waals surface area contributed by atoms with E-state index < -0.39 is 10.0 Å². The first-order valence-corrected chi connectivity index (χ1v) is 9.89. The van der Waals surface area contributed by atoms with Crippen LogP contribution in [0, 0.1) is 0 Å². The van der Waals surface area contributed by atoms with Gasteiger partial charge in [-0.15, -0.1) is 0 Å². The molecule has 3 rings (SSSR count). The molecule has 0 saturated heterocycles. The molecule has 122 valence electrons. The van der Waals surface area contributed by atoms with Gasteiger partial charge in [-0.1, -0.05) is 34.5 Å². The van der Waals surface area contributed by atoms with Gasteiger partial charge in [-0.05, 0) is 43.4 Å². The van der Waals surface area contributed by atoms with Crippen molar-refractivity contribution in [3.05, 3.63) is 34.8 Å². The van der Waals surface area contributed by atoms with Crippen molar-refractivity contribution in [2.75, 3.05) is 10.8 Å². The number of anilines is 1. The highest BCUT2D eigenvalue weighted by Crippen LogP contribution is 2.44. The quantitative estimate of drug-likeness (QED) is 0.686. The Labute approximate surface area is 144 Å². The summed E-state index contributed by atoms with van der Waals surface area (Å²) >= 11 is 3.49. The molecule has 0 saturated carbocycles. The lowest BCUT2D eigenvalue weighted by Gasteiger charge is -2.18. The monoisotopic (exact) mass is 395 g/mol. The molecule has 0 amide bonds. The van der Waals surface area contributed by atoms with E-state index in [2.05, 4.69) is 15.9 Å². The molecule has 0 aromatic heterocycles. The maximum Gasteiger partial charge on any atom is 0.265 e. The summed E-state index contributed by atoms with van der Waals surface area (Å²) < 4.78 is 28.0. The summed E-state index contributed by atoms with van der Waals surface area (Å²) in [6.07, 6.45) is 2.97. The van der Waals surface area contributed by atoms with Crippen molar-refractivity contribution < 1.29 is 13.2 Å². The van der Waals surface area contributed by atoms with E-state index in [9.17, 15) is 13.2 Å². The number of sulfonamides is 1. The fraction of sp³-hybridized carbons (Fsp3) is 0.353. The van der Waals surface area contributed by atoms with E-state index in [0.717, 1.165) is 40.2 Å². The molecular formula is C17H18BrNO3S.